The van der Waals surface area contributed by atoms with Gasteiger partial charge in [-0.1, -0.05) is 111 Å². The van der Waals surface area contributed by atoms with E-state index in [4.69, 9.17) is 14.2 Å². The highest BCUT2D eigenvalue weighted by molar-refractivity contribution is 5.95. The Morgan fingerprint density at radius 3 is 0.792 bits per heavy atom. The average Bonchev–Trinajstić information content (AvgIpc) is 3.37. The van der Waals surface area contributed by atoms with E-state index < -0.39 is 0 Å². The van der Waals surface area contributed by atoms with Crippen LogP contribution in [0.3, 0.4) is 0 Å². The van der Waals surface area contributed by atoms with Gasteiger partial charge in [-0.15, -0.1) is 19.7 Å². The fraction of sp³-hybridized carbons (Fsp3) is 0.238. The predicted octanol–water partition coefficient (Wildman–Crippen LogP) is 13.4. The smallest absolute Gasteiger partial charge is 0.161 e. The molecule has 9 heteroatoms. The number of rotatable bonds is 24. The second kappa shape index (κ2) is 23.1. The van der Waals surface area contributed by atoms with Crippen LogP contribution < -0.4 is 0 Å². The Morgan fingerprint density at radius 2 is 0.569 bits per heavy atom. The molecule has 0 radical (unpaired) electrons. The van der Waals surface area contributed by atoms with E-state index in [0.29, 0.717) is 69.4 Å². The fourth-order valence-electron chi connectivity index (χ4n) is 10.1. The van der Waals surface area contributed by atoms with Crippen LogP contribution in [0.25, 0.3) is 32.3 Å². The van der Waals surface area contributed by atoms with E-state index in [1.54, 1.807) is 18.2 Å². The SMILES string of the molecule is C=CCc1c(O)c(O)c(CC(=C)COCc2c(C)c(COCC(=C)Cc3c(O)c(O)c(CC=C)c4ccccc34)c(C)c(COCC(=C)Cc3c(O)c(O)c(CC=C)c4ccccc34)c2C)c2ccccc12. The lowest BCUT2D eigenvalue weighted by Crippen LogP contribution is -2.13. The van der Waals surface area contributed by atoms with Crippen molar-refractivity contribution in [3.8, 4) is 34.5 Å². The zero-order chi connectivity index (χ0) is 51.8. The van der Waals surface area contributed by atoms with Gasteiger partial charge in [-0.05, 0) is 142 Å². The minimum absolute atomic E-state index is 0.160. The Labute approximate surface area is 422 Å². The third-order valence-electron chi connectivity index (χ3n) is 13.8. The Hall–Kier alpha value is -7.56. The van der Waals surface area contributed by atoms with Crippen LogP contribution in [-0.2, 0) is 72.6 Å². The molecule has 0 spiro atoms. The van der Waals surface area contributed by atoms with Crippen molar-refractivity contribution in [2.75, 3.05) is 19.8 Å². The minimum Gasteiger partial charge on any atom is -0.504 e. The van der Waals surface area contributed by atoms with E-state index in [0.717, 1.165) is 65.7 Å². The maximum atomic E-state index is 11.2. The molecule has 7 aromatic rings. The molecule has 372 valence electrons. The summed E-state index contributed by atoms with van der Waals surface area (Å²) in [6.45, 7) is 31.8. The molecule has 0 unspecified atom stereocenters. The van der Waals surface area contributed by atoms with Gasteiger partial charge in [-0.3, -0.25) is 0 Å². The first kappa shape index (κ1) is 52.3. The molecule has 0 saturated heterocycles. The zero-order valence-electron chi connectivity index (χ0n) is 41.8. The normalized spacial score (nSPS) is 11.4. The zero-order valence-corrected chi connectivity index (χ0v) is 41.8. The summed E-state index contributed by atoms with van der Waals surface area (Å²) in [5.74, 6) is -1.00. The highest BCUT2D eigenvalue weighted by Gasteiger charge is 2.23. The van der Waals surface area contributed by atoms with E-state index in [9.17, 15) is 30.6 Å². The number of allylic oxidation sites excluding steroid dienone is 3. The molecular weight excluding hydrogens is 901 g/mol. The lowest BCUT2D eigenvalue weighted by Gasteiger charge is -2.23. The summed E-state index contributed by atoms with van der Waals surface area (Å²) in [6, 6.07) is 23.0. The van der Waals surface area contributed by atoms with Gasteiger partial charge in [-0.2, -0.15) is 0 Å². The molecule has 0 aliphatic carbocycles. The first-order valence-corrected chi connectivity index (χ1v) is 24.1. The Bertz CT molecular complexity index is 2920. The van der Waals surface area contributed by atoms with Crippen LogP contribution in [0.1, 0.15) is 66.8 Å². The summed E-state index contributed by atoms with van der Waals surface area (Å²) in [4.78, 5) is 0. The third-order valence-corrected chi connectivity index (χ3v) is 13.8. The molecular formula is C63H66O9. The summed E-state index contributed by atoms with van der Waals surface area (Å²) in [7, 11) is 0. The number of hydrogen-bond donors (Lipinski definition) is 6. The van der Waals surface area contributed by atoms with Crippen LogP contribution in [0.5, 0.6) is 34.5 Å². The third kappa shape index (κ3) is 10.7. The van der Waals surface area contributed by atoms with E-state index in [1.807, 2.05) is 72.8 Å². The van der Waals surface area contributed by atoms with Crippen LogP contribution >= 0.6 is 0 Å². The first-order valence-electron chi connectivity index (χ1n) is 24.1. The predicted molar refractivity (Wildman–Crippen MR) is 292 cm³/mol. The molecule has 0 aliphatic rings. The van der Waals surface area contributed by atoms with Gasteiger partial charge < -0.3 is 44.8 Å². The monoisotopic (exact) mass is 966 g/mol. The lowest BCUT2D eigenvalue weighted by atomic mass is 9.89. The quantitative estimate of drug-likeness (QED) is 0.0257. The maximum absolute atomic E-state index is 11.2. The number of phenolic OH excluding ortho intramolecular Hbond substituents is 6. The van der Waals surface area contributed by atoms with Crippen molar-refractivity contribution in [3.05, 3.63) is 214 Å². The van der Waals surface area contributed by atoms with Crippen molar-refractivity contribution >= 4 is 32.3 Å². The standard InChI is InChI=1S/C63H66O9/c1-10-19-49-43-22-13-16-25-46(43)52(61(67)58(49)64)28-37(4)31-70-34-55-40(7)56(35-71-32-38(5)29-53-47-26-17-14-23-44(47)50(20-11-2)59(65)62(53)68)42(9)57(41(55)8)36-72-33-39(6)30-54-48-27-18-15-24-45(48)51(21-12-3)60(66)63(54)69/h10-18,22-27,64-69H,1-6,19-21,28-36H2,7-9H3. The number of hydrogen-bond acceptors (Lipinski definition) is 9. The van der Waals surface area contributed by atoms with Crippen molar-refractivity contribution in [2.45, 2.75) is 79.1 Å². The second-order valence-electron chi connectivity index (χ2n) is 18.6. The van der Waals surface area contributed by atoms with Gasteiger partial charge in [0, 0.05) is 33.4 Å². The molecule has 0 amide bonds. The van der Waals surface area contributed by atoms with Gasteiger partial charge in [0.05, 0.1) is 39.6 Å². The molecule has 9 nitrogen and oxygen atoms in total. The van der Waals surface area contributed by atoms with Gasteiger partial charge >= 0.3 is 0 Å². The van der Waals surface area contributed by atoms with Gasteiger partial charge in [0.2, 0.25) is 0 Å². The van der Waals surface area contributed by atoms with E-state index >= 15 is 0 Å². The molecule has 0 aliphatic heterocycles. The molecule has 6 N–H and O–H groups in total. The van der Waals surface area contributed by atoms with Crippen LogP contribution in [-0.4, -0.2) is 50.5 Å². The average molecular weight is 967 g/mol. The van der Waals surface area contributed by atoms with Crippen LogP contribution in [0.2, 0.25) is 0 Å². The number of phenols is 6. The molecule has 0 bridgehead atoms. The van der Waals surface area contributed by atoms with Crippen LogP contribution in [0, 0.1) is 20.8 Å². The molecule has 0 fully saturated rings. The second-order valence-corrected chi connectivity index (χ2v) is 18.6. The van der Waals surface area contributed by atoms with Gasteiger partial charge in [0.15, 0.2) is 34.5 Å². The largest absolute Gasteiger partial charge is 0.504 e. The molecule has 0 atom stereocenters. The highest BCUT2D eigenvalue weighted by atomic mass is 16.5. The van der Waals surface area contributed by atoms with Crippen molar-refractivity contribution in [3.63, 3.8) is 0 Å². The lowest BCUT2D eigenvalue weighted by molar-refractivity contribution is 0.131. The molecule has 0 saturated carbocycles. The van der Waals surface area contributed by atoms with E-state index in [2.05, 4.69) is 60.2 Å². The Morgan fingerprint density at radius 1 is 0.361 bits per heavy atom. The summed E-state index contributed by atoms with van der Waals surface area (Å²) in [6.07, 6.45) is 7.15. The van der Waals surface area contributed by atoms with Crippen LogP contribution in [0.15, 0.2) is 147 Å². The van der Waals surface area contributed by atoms with Crippen molar-refractivity contribution in [2.24, 2.45) is 0 Å². The van der Waals surface area contributed by atoms with Crippen molar-refractivity contribution < 1.29 is 44.8 Å². The van der Waals surface area contributed by atoms with E-state index in [-0.39, 0.29) is 93.4 Å². The molecule has 72 heavy (non-hydrogen) atoms. The summed E-state index contributed by atoms with van der Waals surface area (Å²) >= 11 is 0. The summed E-state index contributed by atoms with van der Waals surface area (Å²) in [5.41, 5.74) is 11.6. The Kier molecular flexibility index (Phi) is 16.8. The minimum atomic E-state index is -0.175. The topological polar surface area (TPSA) is 149 Å². The van der Waals surface area contributed by atoms with Crippen LogP contribution in [0.4, 0.5) is 0 Å². The maximum Gasteiger partial charge on any atom is 0.161 e. The first-order chi connectivity index (χ1) is 34.6. The van der Waals surface area contributed by atoms with Crippen molar-refractivity contribution in [1.82, 2.24) is 0 Å². The summed E-state index contributed by atoms with van der Waals surface area (Å²) < 4.78 is 19.3. The molecule has 7 aromatic carbocycles. The fourth-order valence-corrected chi connectivity index (χ4v) is 10.1. The molecule has 0 heterocycles. The van der Waals surface area contributed by atoms with Gasteiger partial charge in [0.1, 0.15) is 0 Å². The van der Waals surface area contributed by atoms with Gasteiger partial charge in [-0.25, -0.2) is 0 Å². The summed E-state index contributed by atoms with van der Waals surface area (Å²) in [5, 5.41) is 71.7. The van der Waals surface area contributed by atoms with Crippen molar-refractivity contribution in [1.29, 1.82) is 0 Å². The Balaban J connectivity index is 1.11. The van der Waals surface area contributed by atoms with E-state index in [1.165, 1.54) is 0 Å². The molecule has 7 rings (SSSR count). The number of benzene rings is 7. The number of fused-ring (bicyclic) bond motifs is 3. The highest BCUT2D eigenvalue weighted by Crippen LogP contribution is 2.44. The number of aromatic hydroxyl groups is 6. The van der Waals surface area contributed by atoms with Gasteiger partial charge in [0.25, 0.3) is 0 Å². The number of ether oxygens (including phenoxy) is 3. The molecule has 0 aromatic heterocycles.